The molecule has 10 heavy (non-hydrogen) atoms. The van der Waals surface area contributed by atoms with Crippen LogP contribution in [0.1, 0.15) is 12.7 Å². The van der Waals surface area contributed by atoms with E-state index in [-0.39, 0.29) is 0 Å². The first-order valence-electron chi connectivity index (χ1n) is 2.96. The standard InChI is InChI=1S/C7H9NO2/c1-6(8-9-2)7-4-3-5-10-7/h3-5H,1-2H3/b8-6-. The summed E-state index contributed by atoms with van der Waals surface area (Å²) in [5, 5.41) is 3.69. The molecule has 1 aromatic rings. The maximum absolute atomic E-state index is 5.04. The molecule has 0 radical (unpaired) electrons. The second-order valence-electron chi connectivity index (χ2n) is 1.84. The molecule has 0 saturated carbocycles. The third-order valence-corrected chi connectivity index (χ3v) is 1.11. The summed E-state index contributed by atoms with van der Waals surface area (Å²) in [6.07, 6.45) is 1.60. The van der Waals surface area contributed by atoms with Crippen LogP contribution >= 0.6 is 0 Å². The fourth-order valence-electron chi connectivity index (χ4n) is 0.666. The second-order valence-corrected chi connectivity index (χ2v) is 1.84. The zero-order valence-corrected chi connectivity index (χ0v) is 6.00. The van der Waals surface area contributed by atoms with Gasteiger partial charge in [-0.2, -0.15) is 0 Å². The van der Waals surface area contributed by atoms with Gasteiger partial charge in [0.15, 0.2) is 5.76 Å². The molecule has 0 N–H and O–H groups in total. The van der Waals surface area contributed by atoms with Gasteiger partial charge in [-0.1, -0.05) is 5.16 Å². The monoisotopic (exact) mass is 139 g/mol. The van der Waals surface area contributed by atoms with Gasteiger partial charge in [-0.15, -0.1) is 0 Å². The van der Waals surface area contributed by atoms with Gasteiger partial charge >= 0.3 is 0 Å². The SMILES string of the molecule is CO/N=C(/C)c1ccco1. The average molecular weight is 139 g/mol. The van der Waals surface area contributed by atoms with E-state index in [0.29, 0.717) is 0 Å². The summed E-state index contributed by atoms with van der Waals surface area (Å²) in [5.41, 5.74) is 0.743. The molecule has 1 aromatic heterocycles. The van der Waals surface area contributed by atoms with Gasteiger partial charge in [0, 0.05) is 0 Å². The maximum Gasteiger partial charge on any atom is 0.151 e. The molecule has 1 heterocycles. The number of nitrogens with zero attached hydrogens (tertiary/aromatic N) is 1. The van der Waals surface area contributed by atoms with E-state index < -0.39 is 0 Å². The minimum absolute atomic E-state index is 0.738. The molecule has 0 amide bonds. The zero-order chi connectivity index (χ0) is 7.40. The van der Waals surface area contributed by atoms with Crippen molar-refractivity contribution >= 4 is 5.71 Å². The number of furan rings is 1. The molecule has 0 aliphatic heterocycles. The Morgan fingerprint density at radius 2 is 2.50 bits per heavy atom. The van der Waals surface area contributed by atoms with Crippen molar-refractivity contribution in [2.45, 2.75) is 6.92 Å². The van der Waals surface area contributed by atoms with Gasteiger partial charge in [0.25, 0.3) is 0 Å². The summed E-state index contributed by atoms with van der Waals surface area (Å²) < 4.78 is 5.04. The Morgan fingerprint density at radius 3 is 3.00 bits per heavy atom. The Kier molecular flexibility index (Phi) is 2.10. The van der Waals surface area contributed by atoms with E-state index >= 15 is 0 Å². The second kappa shape index (κ2) is 3.06. The van der Waals surface area contributed by atoms with Crippen molar-refractivity contribution in [3.8, 4) is 0 Å². The third kappa shape index (κ3) is 1.37. The number of hydrogen-bond donors (Lipinski definition) is 0. The topological polar surface area (TPSA) is 34.7 Å². The van der Waals surface area contributed by atoms with Gasteiger partial charge in [-0.3, -0.25) is 0 Å². The van der Waals surface area contributed by atoms with Crippen molar-refractivity contribution in [3.63, 3.8) is 0 Å². The highest BCUT2D eigenvalue weighted by Gasteiger charge is 1.98. The summed E-state index contributed by atoms with van der Waals surface area (Å²) in [4.78, 5) is 4.56. The first kappa shape index (κ1) is 6.86. The van der Waals surface area contributed by atoms with Crippen molar-refractivity contribution < 1.29 is 9.25 Å². The van der Waals surface area contributed by atoms with Crippen LogP contribution in [0.3, 0.4) is 0 Å². The Bertz CT molecular complexity index is 214. The van der Waals surface area contributed by atoms with Gasteiger partial charge in [0.05, 0.1) is 6.26 Å². The van der Waals surface area contributed by atoms with E-state index in [4.69, 9.17) is 4.42 Å². The molecule has 3 nitrogen and oxygen atoms in total. The molecule has 54 valence electrons. The van der Waals surface area contributed by atoms with E-state index in [1.54, 1.807) is 6.26 Å². The van der Waals surface area contributed by atoms with Crippen molar-refractivity contribution in [1.82, 2.24) is 0 Å². The molecule has 1 rings (SSSR count). The van der Waals surface area contributed by atoms with E-state index in [0.717, 1.165) is 11.5 Å². The molecule has 0 aliphatic rings. The van der Waals surface area contributed by atoms with E-state index in [1.807, 2.05) is 19.1 Å². The van der Waals surface area contributed by atoms with Gasteiger partial charge in [0.1, 0.15) is 12.8 Å². The Morgan fingerprint density at radius 1 is 1.70 bits per heavy atom. The number of hydrogen-bond acceptors (Lipinski definition) is 3. The first-order valence-corrected chi connectivity index (χ1v) is 2.96. The Balaban J connectivity index is 2.77. The summed E-state index contributed by atoms with van der Waals surface area (Å²) in [6.45, 7) is 1.82. The largest absolute Gasteiger partial charge is 0.463 e. The van der Waals surface area contributed by atoms with Crippen molar-refractivity contribution in [3.05, 3.63) is 24.2 Å². The Labute approximate surface area is 59.3 Å². The van der Waals surface area contributed by atoms with Crippen LogP contribution in [0.15, 0.2) is 28.0 Å². The summed E-state index contributed by atoms with van der Waals surface area (Å²) in [7, 11) is 1.51. The van der Waals surface area contributed by atoms with Crippen LogP contribution in [-0.2, 0) is 4.84 Å². The third-order valence-electron chi connectivity index (χ3n) is 1.11. The van der Waals surface area contributed by atoms with Crippen LogP contribution in [0, 0.1) is 0 Å². The Hall–Kier alpha value is -1.25. The molecular weight excluding hydrogens is 130 g/mol. The fourth-order valence-corrected chi connectivity index (χ4v) is 0.666. The molecule has 0 fully saturated rings. The first-order chi connectivity index (χ1) is 4.84. The molecular formula is C7H9NO2. The lowest BCUT2D eigenvalue weighted by atomic mass is 10.3. The van der Waals surface area contributed by atoms with Gasteiger partial charge < -0.3 is 9.25 Å². The van der Waals surface area contributed by atoms with Crippen molar-refractivity contribution in [2.75, 3.05) is 7.11 Å². The quantitative estimate of drug-likeness (QED) is 0.461. The number of oxime groups is 1. The van der Waals surface area contributed by atoms with Crippen LogP contribution in [0.2, 0.25) is 0 Å². The van der Waals surface area contributed by atoms with Crippen LogP contribution in [0.25, 0.3) is 0 Å². The van der Waals surface area contributed by atoms with E-state index in [9.17, 15) is 0 Å². The van der Waals surface area contributed by atoms with Gasteiger partial charge in [-0.25, -0.2) is 0 Å². The minimum Gasteiger partial charge on any atom is -0.463 e. The van der Waals surface area contributed by atoms with Crippen molar-refractivity contribution in [2.24, 2.45) is 5.16 Å². The predicted octanol–water partition coefficient (Wildman–Crippen LogP) is 1.65. The van der Waals surface area contributed by atoms with Crippen LogP contribution < -0.4 is 0 Å². The predicted molar refractivity (Wildman–Crippen MR) is 37.9 cm³/mol. The lowest BCUT2D eigenvalue weighted by Crippen LogP contribution is -1.91. The summed E-state index contributed by atoms with van der Waals surface area (Å²) in [6, 6.07) is 3.64. The highest BCUT2D eigenvalue weighted by Crippen LogP contribution is 2.01. The molecule has 0 unspecified atom stereocenters. The molecule has 0 bridgehead atoms. The molecule has 3 heteroatoms. The minimum atomic E-state index is 0.738. The molecule has 0 atom stereocenters. The van der Waals surface area contributed by atoms with Gasteiger partial charge in [0.2, 0.25) is 0 Å². The van der Waals surface area contributed by atoms with Crippen LogP contribution in [0.4, 0.5) is 0 Å². The highest BCUT2D eigenvalue weighted by molar-refractivity contribution is 5.95. The van der Waals surface area contributed by atoms with Crippen molar-refractivity contribution in [1.29, 1.82) is 0 Å². The summed E-state index contributed by atoms with van der Waals surface area (Å²) in [5.74, 6) is 0.738. The molecule has 0 aromatic carbocycles. The normalized spacial score (nSPS) is 11.6. The molecule has 0 saturated heterocycles. The lowest BCUT2D eigenvalue weighted by molar-refractivity contribution is 0.213. The van der Waals surface area contributed by atoms with E-state index in [2.05, 4.69) is 9.99 Å². The van der Waals surface area contributed by atoms with Crippen LogP contribution in [0.5, 0.6) is 0 Å². The zero-order valence-electron chi connectivity index (χ0n) is 6.00. The summed E-state index contributed by atoms with van der Waals surface area (Å²) >= 11 is 0. The fraction of sp³-hybridized carbons (Fsp3) is 0.286. The van der Waals surface area contributed by atoms with E-state index in [1.165, 1.54) is 7.11 Å². The average Bonchev–Trinajstić information content (AvgIpc) is 2.38. The number of rotatable bonds is 2. The smallest absolute Gasteiger partial charge is 0.151 e. The van der Waals surface area contributed by atoms with Gasteiger partial charge in [-0.05, 0) is 19.1 Å². The highest BCUT2D eigenvalue weighted by atomic mass is 16.6. The maximum atomic E-state index is 5.04. The van der Waals surface area contributed by atoms with Crippen LogP contribution in [-0.4, -0.2) is 12.8 Å². The molecule has 0 aliphatic carbocycles. The molecule has 0 spiro atoms. The lowest BCUT2D eigenvalue weighted by Gasteiger charge is -1.91.